The quantitative estimate of drug-likeness (QED) is 0.188. The van der Waals surface area contributed by atoms with E-state index in [0.29, 0.717) is 0 Å². The van der Waals surface area contributed by atoms with Crippen LogP contribution in [0.5, 0.6) is 0 Å². The van der Waals surface area contributed by atoms with Crippen LogP contribution < -0.4 is 20.7 Å². The fourth-order valence-corrected chi connectivity index (χ4v) is 10.7. The minimum atomic E-state index is -2.69. The van der Waals surface area contributed by atoms with Crippen LogP contribution in [0, 0.1) is 0 Å². The average Bonchev–Trinajstić information content (AvgIpc) is 3.00. The van der Waals surface area contributed by atoms with E-state index < -0.39 is 8.07 Å². The number of hydrogen-bond donors (Lipinski definition) is 0. The fraction of sp³-hybridized carbons (Fsp3) is 0. The molecule has 0 spiro atoms. The van der Waals surface area contributed by atoms with Crippen molar-refractivity contribution >= 4 is 39.8 Å². The van der Waals surface area contributed by atoms with Crippen LogP contribution in [0.4, 0.5) is 0 Å². The van der Waals surface area contributed by atoms with Crippen LogP contribution in [0.1, 0.15) is 0 Å². The second-order valence-electron chi connectivity index (χ2n) is 9.31. The van der Waals surface area contributed by atoms with Crippen molar-refractivity contribution in [1.82, 2.24) is 0 Å². The van der Waals surface area contributed by atoms with Gasteiger partial charge in [0.15, 0.2) is 8.07 Å². The predicted molar refractivity (Wildman–Crippen MR) is 167 cm³/mol. The molecule has 0 N–H and O–H groups in total. The molecule has 0 aromatic heterocycles. The van der Waals surface area contributed by atoms with Crippen molar-refractivity contribution < 1.29 is 0 Å². The van der Waals surface area contributed by atoms with E-state index in [9.17, 15) is 0 Å². The van der Waals surface area contributed by atoms with Gasteiger partial charge >= 0.3 is 0 Å². The lowest BCUT2D eigenvalue weighted by atomic mass is 9.94. The molecule has 6 aromatic rings. The summed E-state index contributed by atoms with van der Waals surface area (Å²) in [5.74, 6) is 0. The first-order chi connectivity index (χ1) is 18.4. The molecule has 0 aliphatic heterocycles. The molecular formula is C36H28Si2. The van der Waals surface area contributed by atoms with Gasteiger partial charge in [-0.25, -0.2) is 0 Å². The molecular weight excluding hydrogens is 489 g/mol. The zero-order valence-corrected chi connectivity index (χ0v) is 23.2. The molecule has 0 atom stereocenters. The van der Waals surface area contributed by atoms with Gasteiger partial charge in [-0.3, -0.25) is 0 Å². The average molecular weight is 517 g/mol. The Morgan fingerprint density at radius 2 is 0.684 bits per heavy atom. The second kappa shape index (κ2) is 11.4. The SMILES string of the molecule is [Si].c1ccc(-c2cccc([Si](c3ccccc3)(c3ccccc3)c3ccccc3)c2-c2ccccc2)cc1. The van der Waals surface area contributed by atoms with Crippen LogP contribution in [0.25, 0.3) is 22.3 Å². The zero-order chi connectivity index (χ0) is 24.9. The third-order valence-corrected chi connectivity index (χ3v) is 12.1. The van der Waals surface area contributed by atoms with Crippen molar-refractivity contribution in [2.45, 2.75) is 0 Å². The van der Waals surface area contributed by atoms with Gasteiger partial charge in [-0.2, -0.15) is 0 Å². The van der Waals surface area contributed by atoms with Crippen molar-refractivity contribution in [3.63, 3.8) is 0 Å². The molecule has 0 bridgehead atoms. The van der Waals surface area contributed by atoms with Gasteiger partial charge in [0.25, 0.3) is 0 Å². The van der Waals surface area contributed by atoms with E-state index in [1.165, 1.54) is 43.0 Å². The largest absolute Gasteiger partial charge is 0.180 e. The van der Waals surface area contributed by atoms with Gasteiger partial charge in [0.05, 0.1) is 0 Å². The zero-order valence-electron chi connectivity index (χ0n) is 21.2. The molecule has 0 aliphatic rings. The smallest absolute Gasteiger partial charge is 0.0623 e. The van der Waals surface area contributed by atoms with Gasteiger partial charge < -0.3 is 0 Å². The van der Waals surface area contributed by atoms with Crippen LogP contribution in [0.15, 0.2) is 170 Å². The number of rotatable bonds is 6. The van der Waals surface area contributed by atoms with Crippen LogP contribution in [0.2, 0.25) is 0 Å². The molecule has 6 aromatic carbocycles. The minimum absolute atomic E-state index is 0. The predicted octanol–water partition coefficient (Wildman–Crippen LogP) is 6.02. The van der Waals surface area contributed by atoms with Crippen molar-refractivity contribution in [3.05, 3.63) is 170 Å². The highest BCUT2D eigenvalue weighted by molar-refractivity contribution is 7.20. The Morgan fingerprint density at radius 3 is 1.11 bits per heavy atom. The Labute approximate surface area is 231 Å². The van der Waals surface area contributed by atoms with E-state index in [1.54, 1.807) is 0 Å². The first-order valence-electron chi connectivity index (χ1n) is 12.8. The summed E-state index contributed by atoms with van der Waals surface area (Å²) >= 11 is 0. The minimum Gasteiger partial charge on any atom is -0.0623 e. The highest BCUT2D eigenvalue weighted by atomic mass is 28.3. The Morgan fingerprint density at radius 1 is 0.316 bits per heavy atom. The maximum Gasteiger partial charge on any atom is 0.180 e. The summed E-state index contributed by atoms with van der Waals surface area (Å²) in [4.78, 5) is 0. The molecule has 0 nitrogen and oxygen atoms in total. The Kier molecular flexibility index (Phi) is 7.64. The Hall–Kier alpha value is -4.25. The Bertz CT molecular complexity index is 1480. The van der Waals surface area contributed by atoms with Crippen molar-refractivity contribution in [3.8, 4) is 22.3 Å². The molecule has 0 heterocycles. The lowest BCUT2D eigenvalue weighted by molar-refractivity contribution is 1.59. The summed E-state index contributed by atoms with van der Waals surface area (Å²) in [6.07, 6.45) is 0. The third-order valence-electron chi connectivity index (χ3n) is 7.24. The van der Waals surface area contributed by atoms with Gasteiger partial charge in [-0.15, -0.1) is 0 Å². The summed E-state index contributed by atoms with van der Waals surface area (Å²) in [5, 5.41) is 5.56. The van der Waals surface area contributed by atoms with Crippen LogP contribution in [-0.2, 0) is 0 Å². The molecule has 0 aliphatic carbocycles. The number of hydrogen-bond acceptors (Lipinski definition) is 0. The first kappa shape index (κ1) is 25.4. The summed E-state index contributed by atoms with van der Waals surface area (Å²) < 4.78 is 0. The normalized spacial score (nSPS) is 10.9. The van der Waals surface area contributed by atoms with Gasteiger partial charge in [0.2, 0.25) is 0 Å². The van der Waals surface area contributed by atoms with E-state index in [2.05, 4.69) is 170 Å². The van der Waals surface area contributed by atoms with E-state index in [-0.39, 0.29) is 11.0 Å². The summed E-state index contributed by atoms with van der Waals surface area (Å²) in [7, 11) is -2.69. The van der Waals surface area contributed by atoms with Crippen LogP contribution >= 0.6 is 0 Å². The van der Waals surface area contributed by atoms with E-state index in [0.717, 1.165) is 0 Å². The maximum atomic E-state index is 2.38. The van der Waals surface area contributed by atoms with Crippen molar-refractivity contribution in [2.24, 2.45) is 0 Å². The molecule has 0 fully saturated rings. The van der Waals surface area contributed by atoms with E-state index in [4.69, 9.17) is 0 Å². The monoisotopic (exact) mass is 516 g/mol. The van der Waals surface area contributed by atoms with Crippen molar-refractivity contribution in [2.75, 3.05) is 0 Å². The summed E-state index contributed by atoms with van der Waals surface area (Å²) in [6, 6.07) is 62.1. The number of benzene rings is 6. The van der Waals surface area contributed by atoms with Crippen LogP contribution in [0.3, 0.4) is 0 Å². The maximum absolute atomic E-state index is 2.69. The molecule has 0 saturated heterocycles. The topological polar surface area (TPSA) is 0 Å². The molecule has 0 saturated carbocycles. The lowest BCUT2D eigenvalue weighted by Gasteiger charge is -2.36. The van der Waals surface area contributed by atoms with E-state index in [1.807, 2.05) is 0 Å². The van der Waals surface area contributed by atoms with Crippen LogP contribution in [-0.4, -0.2) is 19.0 Å². The molecule has 180 valence electrons. The van der Waals surface area contributed by atoms with Crippen molar-refractivity contribution in [1.29, 1.82) is 0 Å². The first-order valence-corrected chi connectivity index (χ1v) is 14.8. The van der Waals surface area contributed by atoms with Gasteiger partial charge in [-0.05, 0) is 43.0 Å². The standard InChI is InChI=1S/C36H28Si.Si/c1-6-17-29(18-7-1)34-27-16-28-35(36(34)30-19-8-2-9-20-30)37(31-21-10-3-11-22-31,32-23-12-4-13-24-32)33-25-14-5-15-26-33;/h1-28H;. The highest BCUT2D eigenvalue weighted by Crippen LogP contribution is 2.32. The molecule has 0 unspecified atom stereocenters. The molecule has 4 radical (unpaired) electrons. The van der Waals surface area contributed by atoms with Gasteiger partial charge in [-0.1, -0.05) is 170 Å². The van der Waals surface area contributed by atoms with Gasteiger partial charge in [0, 0.05) is 11.0 Å². The third kappa shape index (κ3) is 4.49. The molecule has 0 amide bonds. The lowest BCUT2D eigenvalue weighted by Crippen LogP contribution is -2.75. The molecule has 6 rings (SSSR count). The second-order valence-corrected chi connectivity index (χ2v) is 13.1. The fourth-order valence-electron chi connectivity index (χ4n) is 5.67. The highest BCUT2D eigenvalue weighted by Gasteiger charge is 2.43. The van der Waals surface area contributed by atoms with Gasteiger partial charge in [0.1, 0.15) is 0 Å². The molecule has 38 heavy (non-hydrogen) atoms. The van der Waals surface area contributed by atoms with E-state index >= 15 is 0 Å². The summed E-state index contributed by atoms with van der Waals surface area (Å²) in [6.45, 7) is 0. The summed E-state index contributed by atoms with van der Waals surface area (Å²) in [5.41, 5.74) is 5.07. The molecule has 2 heteroatoms. The Balaban J connectivity index is 0.00000294.